The average Bonchev–Trinajstić information content (AvgIpc) is 2.98. The van der Waals surface area contributed by atoms with E-state index in [0.717, 1.165) is 17.4 Å². The molecule has 3 aromatic rings. The molecule has 0 aliphatic carbocycles. The number of nitrogens with zero attached hydrogens (tertiary/aromatic N) is 1. The van der Waals surface area contributed by atoms with Crippen LogP contribution in [-0.2, 0) is 9.53 Å². The molecular formula is C18H11Cl2FN2O5S. The van der Waals surface area contributed by atoms with Crippen LogP contribution in [0.1, 0.15) is 16.6 Å². The summed E-state index contributed by atoms with van der Waals surface area (Å²) in [5.74, 6) is -2.01. The number of carbonyl (C=O) groups is 2. The predicted molar refractivity (Wildman–Crippen MR) is 108 cm³/mol. The third-order valence-corrected chi connectivity index (χ3v) is 5.80. The van der Waals surface area contributed by atoms with Gasteiger partial charge < -0.3 is 10.1 Å². The molecule has 1 amide bonds. The number of anilines is 1. The van der Waals surface area contributed by atoms with Crippen LogP contribution < -0.4 is 5.32 Å². The molecule has 150 valence electrons. The van der Waals surface area contributed by atoms with Gasteiger partial charge in [-0.2, -0.15) is 0 Å². The monoisotopic (exact) mass is 456 g/mol. The normalized spacial score (nSPS) is 11.9. The van der Waals surface area contributed by atoms with Gasteiger partial charge in [-0.15, -0.1) is 11.3 Å². The second-order valence-corrected chi connectivity index (χ2v) is 7.68. The Labute approximate surface area is 177 Å². The zero-order chi connectivity index (χ0) is 21.3. The van der Waals surface area contributed by atoms with Crippen molar-refractivity contribution >= 4 is 67.9 Å². The summed E-state index contributed by atoms with van der Waals surface area (Å²) in [7, 11) is 0. The van der Waals surface area contributed by atoms with Crippen molar-refractivity contribution in [1.29, 1.82) is 0 Å². The van der Waals surface area contributed by atoms with Gasteiger partial charge in [0, 0.05) is 22.2 Å². The Hall–Kier alpha value is -2.75. The zero-order valence-corrected chi connectivity index (χ0v) is 16.9. The van der Waals surface area contributed by atoms with Crippen LogP contribution in [0.3, 0.4) is 0 Å². The molecule has 11 heteroatoms. The maximum atomic E-state index is 13.3. The topological polar surface area (TPSA) is 98.5 Å². The molecule has 1 unspecified atom stereocenters. The van der Waals surface area contributed by atoms with Gasteiger partial charge in [0.15, 0.2) is 6.10 Å². The quantitative estimate of drug-likeness (QED) is 0.313. The van der Waals surface area contributed by atoms with Crippen LogP contribution in [0.4, 0.5) is 15.8 Å². The summed E-state index contributed by atoms with van der Waals surface area (Å²) in [4.78, 5) is 34.8. The molecule has 1 atom stereocenters. The van der Waals surface area contributed by atoms with Gasteiger partial charge in [-0.05, 0) is 31.2 Å². The van der Waals surface area contributed by atoms with Crippen LogP contribution >= 0.6 is 34.5 Å². The van der Waals surface area contributed by atoms with Gasteiger partial charge in [0.1, 0.15) is 10.7 Å². The molecule has 7 nitrogen and oxygen atoms in total. The first kappa shape index (κ1) is 21.0. The van der Waals surface area contributed by atoms with Gasteiger partial charge >= 0.3 is 5.97 Å². The number of thiophene rings is 1. The summed E-state index contributed by atoms with van der Waals surface area (Å²) in [6, 6.07) is 7.45. The van der Waals surface area contributed by atoms with Gasteiger partial charge in [-0.25, -0.2) is 9.18 Å². The number of non-ortho nitro benzene ring substituents is 1. The van der Waals surface area contributed by atoms with E-state index in [-0.39, 0.29) is 26.3 Å². The van der Waals surface area contributed by atoms with Crippen molar-refractivity contribution in [3.8, 4) is 0 Å². The van der Waals surface area contributed by atoms with E-state index in [2.05, 4.69) is 5.32 Å². The first-order valence-electron chi connectivity index (χ1n) is 8.00. The van der Waals surface area contributed by atoms with E-state index in [9.17, 15) is 24.1 Å². The molecule has 0 bridgehead atoms. The Morgan fingerprint density at radius 2 is 1.97 bits per heavy atom. The minimum absolute atomic E-state index is 0.0411. The summed E-state index contributed by atoms with van der Waals surface area (Å²) >= 11 is 13.0. The zero-order valence-electron chi connectivity index (χ0n) is 14.6. The fourth-order valence-electron chi connectivity index (χ4n) is 2.39. The van der Waals surface area contributed by atoms with Crippen LogP contribution in [0.25, 0.3) is 10.1 Å². The molecule has 3 rings (SSSR count). The molecule has 0 saturated heterocycles. The van der Waals surface area contributed by atoms with Gasteiger partial charge in [0.25, 0.3) is 11.6 Å². The number of esters is 1. The summed E-state index contributed by atoms with van der Waals surface area (Å²) in [6.45, 7) is 1.34. The molecule has 1 heterocycles. The van der Waals surface area contributed by atoms with E-state index >= 15 is 0 Å². The van der Waals surface area contributed by atoms with Crippen LogP contribution in [0, 0.1) is 15.9 Å². The van der Waals surface area contributed by atoms with Crippen molar-refractivity contribution in [2.75, 3.05) is 5.32 Å². The number of ether oxygens (including phenoxy) is 1. The Balaban J connectivity index is 1.72. The minimum atomic E-state index is -1.22. The molecule has 1 N–H and O–H groups in total. The van der Waals surface area contributed by atoms with Gasteiger partial charge in [-0.3, -0.25) is 14.9 Å². The maximum absolute atomic E-state index is 13.3. The molecule has 0 aliphatic heterocycles. The van der Waals surface area contributed by atoms with Gasteiger partial charge in [-0.1, -0.05) is 23.2 Å². The third kappa shape index (κ3) is 4.47. The number of hydrogen-bond acceptors (Lipinski definition) is 6. The molecule has 0 saturated carbocycles. The number of nitro groups is 1. The van der Waals surface area contributed by atoms with E-state index < -0.39 is 28.7 Å². The van der Waals surface area contributed by atoms with E-state index in [0.29, 0.717) is 10.1 Å². The van der Waals surface area contributed by atoms with Crippen molar-refractivity contribution in [1.82, 2.24) is 0 Å². The fourth-order valence-corrected chi connectivity index (χ4v) is 4.03. The molecule has 1 aromatic heterocycles. The molecule has 2 aromatic carbocycles. The Bertz CT molecular complexity index is 1150. The molecule has 0 radical (unpaired) electrons. The van der Waals surface area contributed by atoms with Gasteiger partial charge in [0.2, 0.25) is 0 Å². The van der Waals surface area contributed by atoms with E-state index in [1.807, 2.05) is 0 Å². The highest BCUT2D eigenvalue weighted by Gasteiger charge is 2.24. The lowest BCUT2D eigenvalue weighted by Gasteiger charge is -2.13. The number of halogens is 3. The average molecular weight is 457 g/mol. The van der Waals surface area contributed by atoms with Crippen LogP contribution in [0.5, 0.6) is 0 Å². The second-order valence-electron chi connectivity index (χ2n) is 5.84. The highest BCUT2D eigenvalue weighted by Crippen LogP contribution is 2.36. The standard InChI is InChI=1S/C18H11Cl2FN2O5S/c1-8(17(24)22-13-5-3-10(23(26)27)7-12(13)19)28-18(25)16-15(20)11-4-2-9(21)6-14(11)29-16/h2-8H,1H3,(H,22,24). The fraction of sp³-hybridized carbons (Fsp3) is 0.111. The molecule has 0 aliphatic rings. The van der Waals surface area contributed by atoms with E-state index in [4.69, 9.17) is 27.9 Å². The number of nitro benzene ring substituents is 1. The lowest BCUT2D eigenvalue weighted by Crippen LogP contribution is -2.30. The van der Waals surface area contributed by atoms with E-state index in [1.54, 1.807) is 0 Å². The first-order chi connectivity index (χ1) is 13.7. The lowest BCUT2D eigenvalue weighted by atomic mass is 10.2. The maximum Gasteiger partial charge on any atom is 0.350 e. The second kappa shape index (κ2) is 8.32. The van der Waals surface area contributed by atoms with E-state index in [1.165, 1.54) is 37.3 Å². The summed E-state index contributed by atoms with van der Waals surface area (Å²) in [5, 5.41) is 13.7. The number of carbonyl (C=O) groups excluding carboxylic acids is 2. The largest absolute Gasteiger partial charge is 0.448 e. The molecule has 0 spiro atoms. The number of nitrogens with one attached hydrogen (secondary N) is 1. The summed E-state index contributed by atoms with van der Waals surface area (Å²) in [6.07, 6.45) is -1.22. The molecule has 29 heavy (non-hydrogen) atoms. The Morgan fingerprint density at radius 1 is 1.24 bits per heavy atom. The predicted octanol–water partition coefficient (Wildman–Crippen LogP) is 5.44. The summed E-state index contributed by atoms with van der Waals surface area (Å²) < 4.78 is 19.0. The highest BCUT2D eigenvalue weighted by atomic mass is 35.5. The molecule has 0 fully saturated rings. The number of hydrogen-bond donors (Lipinski definition) is 1. The minimum Gasteiger partial charge on any atom is -0.448 e. The van der Waals surface area contributed by atoms with Crippen molar-refractivity contribution < 1.29 is 23.6 Å². The van der Waals surface area contributed by atoms with Crippen molar-refractivity contribution in [2.45, 2.75) is 13.0 Å². The van der Waals surface area contributed by atoms with Crippen LogP contribution in [-0.4, -0.2) is 22.9 Å². The van der Waals surface area contributed by atoms with Gasteiger partial charge in [0.05, 0.1) is 20.7 Å². The number of amides is 1. The van der Waals surface area contributed by atoms with Crippen LogP contribution in [0.2, 0.25) is 10.0 Å². The number of fused-ring (bicyclic) bond motifs is 1. The first-order valence-corrected chi connectivity index (χ1v) is 9.58. The summed E-state index contributed by atoms with van der Waals surface area (Å²) in [5.41, 5.74) is -0.108. The Kier molecular flexibility index (Phi) is 6.02. The lowest BCUT2D eigenvalue weighted by molar-refractivity contribution is -0.384. The highest BCUT2D eigenvalue weighted by molar-refractivity contribution is 7.21. The molecular weight excluding hydrogens is 446 g/mol. The third-order valence-electron chi connectivity index (χ3n) is 3.85. The van der Waals surface area contributed by atoms with Crippen molar-refractivity contribution in [2.24, 2.45) is 0 Å². The SMILES string of the molecule is CC(OC(=O)c1sc2cc(F)ccc2c1Cl)C(=O)Nc1ccc([N+](=O)[O-])cc1Cl. The van der Waals surface area contributed by atoms with Crippen molar-refractivity contribution in [3.63, 3.8) is 0 Å². The number of rotatable bonds is 5. The Morgan fingerprint density at radius 3 is 2.62 bits per heavy atom. The smallest absolute Gasteiger partial charge is 0.350 e. The van der Waals surface area contributed by atoms with Crippen LogP contribution in [0.15, 0.2) is 36.4 Å². The van der Waals surface area contributed by atoms with Crippen molar-refractivity contribution in [3.05, 3.63) is 67.3 Å². The number of benzene rings is 2.